The van der Waals surface area contributed by atoms with Crippen LogP contribution >= 0.6 is 11.8 Å². The highest BCUT2D eigenvalue weighted by Gasteiger charge is 2.39. The molecule has 0 aromatic rings. The predicted molar refractivity (Wildman–Crippen MR) is 91.5 cm³/mol. The summed E-state index contributed by atoms with van der Waals surface area (Å²) >= 11 is 2.07. The molecular formula is C17H32N2OS. The Morgan fingerprint density at radius 1 is 1.38 bits per heavy atom. The van der Waals surface area contributed by atoms with Crippen LogP contribution in [0.3, 0.4) is 0 Å². The van der Waals surface area contributed by atoms with Gasteiger partial charge in [-0.2, -0.15) is 11.8 Å². The first-order valence-corrected chi connectivity index (χ1v) is 9.84. The van der Waals surface area contributed by atoms with Crippen LogP contribution in [0.1, 0.15) is 65.7 Å². The number of hydrogen-bond donors (Lipinski definition) is 1. The molecule has 1 N–H and O–H groups in total. The fraction of sp³-hybridized carbons (Fsp3) is 0.941. The lowest BCUT2D eigenvalue weighted by Gasteiger charge is -2.31. The van der Waals surface area contributed by atoms with Crippen molar-refractivity contribution in [3.8, 4) is 0 Å². The van der Waals surface area contributed by atoms with Crippen LogP contribution in [-0.2, 0) is 4.79 Å². The molecule has 21 heavy (non-hydrogen) atoms. The van der Waals surface area contributed by atoms with Gasteiger partial charge < -0.3 is 4.90 Å². The van der Waals surface area contributed by atoms with Crippen molar-refractivity contribution in [1.29, 1.82) is 0 Å². The van der Waals surface area contributed by atoms with Crippen molar-refractivity contribution >= 4 is 17.7 Å². The summed E-state index contributed by atoms with van der Waals surface area (Å²) in [6.45, 7) is 7.65. The second-order valence-electron chi connectivity index (χ2n) is 6.99. The molecule has 3 atom stereocenters. The summed E-state index contributed by atoms with van der Waals surface area (Å²) in [7, 11) is 0. The summed E-state index contributed by atoms with van der Waals surface area (Å²) in [5.41, 5.74) is 0. The first kappa shape index (κ1) is 17.1. The number of carbonyl (C=O) groups excluding carboxylic acids is 1. The lowest BCUT2D eigenvalue weighted by molar-refractivity contribution is -0.130. The third-order valence-corrected chi connectivity index (χ3v) is 5.95. The molecule has 2 saturated heterocycles. The topological polar surface area (TPSA) is 32.3 Å². The Morgan fingerprint density at radius 3 is 2.81 bits per heavy atom. The minimum absolute atomic E-state index is 0.0716. The van der Waals surface area contributed by atoms with E-state index in [4.69, 9.17) is 0 Å². The molecule has 0 saturated carbocycles. The number of nitrogens with one attached hydrogen (secondary N) is 1. The molecule has 0 bridgehead atoms. The van der Waals surface area contributed by atoms with E-state index in [0.717, 1.165) is 25.8 Å². The van der Waals surface area contributed by atoms with Gasteiger partial charge in [0.05, 0.1) is 12.2 Å². The Bertz CT molecular complexity index is 329. The van der Waals surface area contributed by atoms with Crippen LogP contribution < -0.4 is 5.32 Å². The summed E-state index contributed by atoms with van der Waals surface area (Å²) in [5.74, 6) is 2.26. The van der Waals surface area contributed by atoms with Crippen LogP contribution in [0.2, 0.25) is 0 Å². The fourth-order valence-corrected chi connectivity index (χ4v) is 4.70. The molecule has 4 heteroatoms. The SMILES string of the molecule is CCCCC1NC(CC(C)C)N(CC2CCCCS2)C1=O. The molecule has 2 rings (SSSR count). The van der Waals surface area contributed by atoms with Gasteiger partial charge in [0.25, 0.3) is 0 Å². The van der Waals surface area contributed by atoms with Crippen molar-refractivity contribution in [1.82, 2.24) is 10.2 Å². The van der Waals surface area contributed by atoms with Gasteiger partial charge in [-0.15, -0.1) is 0 Å². The average Bonchev–Trinajstić information content (AvgIpc) is 2.74. The molecular weight excluding hydrogens is 280 g/mol. The van der Waals surface area contributed by atoms with E-state index in [0.29, 0.717) is 17.1 Å². The smallest absolute Gasteiger partial charge is 0.241 e. The third-order valence-electron chi connectivity index (χ3n) is 4.57. The zero-order valence-electron chi connectivity index (χ0n) is 13.9. The molecule has 0 aromatic heterocycles. The lowest BCUT2D eigenvalue weighted by atomic mass is 10.1. The predicted octanol–water partition coefficient (Wildman–Crippen LogP) is 3.63. The molecule has 3 unspecified atom stereocenters. The van der Waals surface area contributed by atoms with Crippen molar-refractivity contribution in [2.45, 2.75) is 83.2 Å². The first-order valence-electron chi connectivity index (χ1n) is 8.80. The summed E-state index contributed by atoms with van der Waals surface area (Å²) < 4.78 is 0. The Morgan fingerprint density at radius 2 is 2.19 bits per heavy atom. The van der Waals surface area contributed by atoms with Gasteiger partial charge in [0.1, 0.15) is 0 Å². The van der Waals surface area contributed by atoms with Gasteiger partial charge in [0.2, 0.25) is 5.91 Å². The molecule has 3 nitrogen and oxygen atoms in total. The fourth-order valence-electron chi connectivity index (χ4n) is 3.39. The number of rotatable bonds is 7. The number of nitrogens with zero attached hydrogens (tertiary/aromatic N) is 1. The second kappa shape index (κ2) is 8.42. The van der Waals surface area contributed by atoms with Gasteiger partial charge in [0.15, 0.2) is 0 Å². The van der Waals surface area contributed by atoms with E-state index in [1.807, 2.05) is 0 Å². The summed E-state index contributed by atoms with van der Waals surface area (Å²) in [4.78, 5) is 14.9. The summed E-state index contributed by atoms with van der Waals surface area (Å²) in [6, 6.07) is 0.0716. The minimum atomic E-state index is 0.0716. The minimum Gasteiger partial charge on any atom is -0.325 e. The summed E-state index contributed by atoms with van der Waals surface area (Å²) in [6.07, 6.45) is 8.61. The highest BCUT2D eigenvalue weighted by Crippen LogP contribution is 2.29. The van der Waals surface area contributed by atoms with E-state index in [1.54, 1.807) is 0 Å². The largest absolute Gasteiger partial charge is 0.325 e. The van der Waals surface area contributed by atoms with Crippen LogP contribution in [0.15, 0.2) is 0 Å². The molecule has 2 aliphatic heterocycles. The number of hydrogen-bond acceptors (Lipinski definition) is 3. The zero-order chi connectivity index (χ0) is 15.2. The molecule has 0 aromatic carbocycles. The van der Waals surface area contributed by atoms with Crippen LogP contribution in [0.4, 0.5) is 0 Å². The standard InChI is InChI=1S/C17H32N2OS/c1-4-5-9-15-17(20)19(16(18-15)11-13(2)3)12-14-8-6-7-10-21-14/h13-16,18H,4-12H2,1-3H3. The normalized spacial score (nSPS) is 30.4. The van der Waals surface area contributed by atoms with Crippen molar-refractivity contribution < 1.29 is 4.79 Å². The van der Waals surface area contributed by atoms with Gasteiger partial charge in [0, 0.05) is 11.8 Å². The lowest BCUT2D eigenvalue weighted by Crippen LogP contribution is -2.42. The monoisotopic (exact) mass is 312 g/mol. The Kier molecular flexibility index (Phi) is 6.87. The number of unbranched alkanes of at least 4 members (excludes halogenated alkanes) is 1. The van der Waals surface area contributed by atoms with Gasteiger partial charge in [-0.1, -0.05) is 40.0 Å². The van der Waals surface area contributed by atoms with Crippen LogP contribution in [0.25, 0.3) is 0 Å². The van der Waals surface area contributed by atoms with E-state index in [2.05, 4.69) is 42.7 Å². The van der Waals surface area contributed by atoms with Crippen LogP contribution in [-0.4, -0.2) is 40.6 Å². The molecule has 0 radical (unpaired) electrons. The van der Waals surface area contributed by atoms with E-state index in [1.165, 1.54) is 31.4 Å². The Labute approximate surface area is 134 Å². The van der Waals surface area contributed by atoms with Crippen LogP contribution in [0, 0.1) is 5.92 Å². The molecule has 0 spiro atoms. The molecule has 2 heterocycles. The first-order chi connectivity index (χ1) is 10.1. The summed E-state index contributed by atoms with van der Waals surface area (Å²) in [5, 5.41) is 4.27. The van der Waals surface area contributed by atoms with Crippen molar-refractivity contribution in [3.05, 3.63) is 0 Å². The number of amides is 1. The Hall–Kier alpha value is -0.220. The third kappa shape index (κ3) is 4.88. The molecule has 2 fully saturated rings. The maximum Gasteiger partial charge on any atom is 0.241 e. The molecule has 1 amide bonds. The van der Waals surface area contributed by atoms with Crippen molar-refractivity contribution in [2.24, 2.45) is 5.92 Å². The van der Waals surface area contributed by atoms with Crippen molar-refractivity contribution in [2.75, 3.05) is 12.3 Å². The Balaban J connectivity index is 1.96. The average molecular weight is 313 g/mol. The second-order valence-corrected chi connectivity index (χ2v) is 8.39. The molecule has 122 valence electrons. The van der Waals surface area contributed by atoms with Gasteiger partial charge >= 0.3 is 0 Å². The highest BCUT2D eigenvalue weighted by molar-refractivity contribution is 7.99. The molecule has 2 aliphatic rings. The van der Waals surface area contributed by atoms with E-state index in [9.17, 15) is 4.79 Å². The van der Waals surface area contributed by atoms with Gasteiger partial charge in [-0.3, -0.25) is 10.1 Å². The van der Waals surface area contributed by atoms with Crippen LogP contribution in [0.5, 0.6) is 0 Å². The zero-order valence-corrected chi connectivity index (χ0v) is 14.8. The van der Waals surface area contributed by atoms with E-state index < -0.39 is 0 Å². The number of thioether (sulfide) groups is 1. The van der Waals surface area contributed by atoms with E-state index >= 15 is 0 Å². The van der Waals surface area contributed by atoms with E-state index in [-0.39, 0.29) is 12.2 Å². The molecule has 0 aliphatic carbocycles. The maximum atomic E-state index is 12.7. The quantitative estimate of drug-likeness (QED) is 0.779. The van der Waals surface area contributed by atoms with Gasteiger partial charge in [-0.05, 0) is 37.4 Å². The highest BCUT2D eigenvalue weighted by atomic mass is 32.2. The van der Waals surface area contributed by atoms with Crippen molar-refractivity contribution in [3.63, 3.8) is 0 Å². The van der Waals surface area contributed by atoms with Gasteiger partial charge in [-0.25, -0.2) is 0 Å². The number of carbonyl (C=O) groups is 1. The maximum absolute atomic E-state index is 12.7.